The number of para-hydroxylation sites is 1. The van der Waals surface area contributed by atoms with Gasteiger partial charge in [0.1, 0.15) is 5.75 Å². The molecule has 0 unspecified atom stereocenters. The molecule has 0 atom stereocenters. The molecule has 0 amide bonds. The third-order valence-electron chi connectivity index (χ3n) is 3.21. The minimum Gasteiger partial charge on any atom is -0.493 e. The van der Waals surface area contributed by atoms with Gasteiger partial charge in [-0.1, -0.05) is 32.0 Å². The Labute approximate surface area is 127 Å². The molecule has 2 aromatic rings. The van der Waals surface area contributed by atoms with E-state index in [0.29, 0.717) is 0 Å². The van der Waals surface area contributed by atoms with Crippen LogP contribution in [0.25, 0.3) is 11.1 Å². The van der Waals surface area contributed by atoms with Crippen LogP contribution in [-0.2, 0) is 6.54 Å². The normalized spacial score (nSPS) is 10.6. The first-order chi connectivity index (χ1) is 10.3. The van der Waals surface area contributed by atoms with E-state index in [1.54, 1.807) is 0 Å². The van der Waals surface area contributed by atoms with Gasteiger partial charge in [0.25, 0.3) is 0 Å². The lowest BCUT2D eigenvalue weighted by Gasteiger charge is -2.11. The second-order valence-electron chi connectivity index (χ2n) is 5.10. The van der Waals surface area contributed by atoms with E-state index in [2.05, 4.69) is 36.3 Å². The van der Waals surface area contributed by atoms with E-state index in [1.807, 2.05) is 30.6 Å². The molecule has 1 heterocycles. The first-order valence-electron chi connectivity index (χ1n) is 7.72. The van der Waals surface area contributed by atoms with Crippen LogP contribution in [0.2, 0.25) is 0 Å². The van der Waals surface area contributed by atoms with Crippen molar-refractivity contribution in [3.63, 3.8) is 0 Å². The van der Waals surface area contributed by atoms with E-state index in [4.69, 9.17) is 4.74 Å². The molecule has 3 nitrogen and oxygen atoms in total. The van der Waals surface area contributed by atoms with Crippen LogP contribution in [0, 0.1) is 0 Å². The number of rotatable bonds is 8. The molecule has 0 spiro atoms. The van der Waals surface area contributed by atoms with E-state index in [0.717, 1.165) is 49.4 Å². The van der Waals surface area contributed by atoms with E-state index >= 15 is 0 Å². The molecule has 2 rings (SSSR count). The fourth-order valence-corrected chi connectivity index (χ4v) is 2.18. The second-order valence-corrected chi connectivity index (χ2v) is 5.10. The Kier molecular flexibility index (Phi) is 6.22. The molecule has 3 heteroatoms. The predicted molar refractivity (Wildman–Crippen MR) is 87.5 cm³/mol. The summed E-state index contributed by atoms with van der Waals surface area (Å²) in [6.45, 7) is 6.91. The summed E-state index contributed by atoms with van der Waals surface area (Å²) in [7, 11) is 0. The molecular weight excluding hydrogens is 260 g/mol. The molecule has 0 bridgehead atoms. The van der Waals surface area contributed by atoms with Gasteiger partial charge in [-0.3, -0.25) is 4.98 Å². The maximum absolute atomic E-state index is 5.84. The number of ether oxygens (including phenoxy) is 1. The van der Waals surface area contributed by atoms with Gasteiger partial charge >= 0.3 is 0 Å². The van der Waals surface area contributed by atoms with Crippen molar-refractivity contribution in [3.05, 3.63) is 48.3 Å². The molecule has 0 aliphatic rings. The van der Waals surface area contributed by atoms with E-state index in [9.17, 15) is 0 Å². The van der Waals surface area contributed by atoms with Crippen LogP contribution in [0.1, 0.15) is 32.3 Å². The van der Waals surface area contributed by atoms with E-state index < -0.39 is 0 Å². The van der Waals surface area contributed by atoms with Crippen LogP contribution in [0.3, 0.4) is 0 Å². The highest BCUT2D eigenvalue weighted by Crippen LogP contribution is 2.29. The maximum Gasteiger partial charge on any atom is 0.127 e. The van der Waals surface area contributed by atoms with Gasteiger partial charge in [0, 0.05) is 30.1 Å². The number of nitrogens with one attached hydrogen (secondary N) is 1. The summed E-state index contributed by atoms with van der Waals surface area (Å²) in [5, 5.41) is 3.41. The van der Waals surface area contributed by atoms with E-state index in [-0.39, 0.29) is 0 Å². The summed E-state index contributed by atoms with van der Waals surface area (Å²) < 4.78 is 5.84. The molecule has 21 heavy (non-hydrogen) atoms. The predicted octanol–water partition coefficient (Wildman–Crippen LogP) is 4.04. The zero-order valence-electron chi connectivity index (χ0n) is 12.9. The first kappa shape index (κ1) is 15.5. The summed E-state index contributed by atoms with van der Waals surface area (Å²) >= 11 is 0. The molecule has 1 N–H and O–H groups in total. The summed E-state index contributed by atoms with van der Waals surface area (Å²) in [6.07, 6.45) is 5.97. The zero-order chi connectivity index (χ0) is 14.9. The fourth-order valence-electron chi connectivity index (χ4n) is 2.18. The third kappa shape index (κ3) is 4.57. The Morgan fingerprint density at radius 1 is 1.10 bits per heavy atom. The lowest BCUT2D eigenvalue weighted by atomic mass is 10.0. The van der Waals surface area contributed by atoms with Crippen LogP contribution < -0.4 is 10.1 Å². The minimum atomic E-state index is 0.738. The molecule has 0 saturated heterocycles. The monoisotopic (exact) mass is 284 g/mol. The average Bonchev–Trinajstić information content (AvgIpc) is 2.54. The van der Waals surface area contributed by atoms with E-state index in [1.165, 1.54) is 5.56 Å². The highest BCUT2D eigenvalue weighted by Gasteiger charge is 2.06. The van der Waals surface area contributed by atoms with Crippen LogP contribution in [0.4, 0.5) is 0 Å². The van der Waals surface area contributed by atoms with Crippen LogP contribution in [-0.4, -0.2) is 18.1 Å². The van der Waals surface area contributed by atoms with Crippen molar-refractivity contribution in [2.75, 3.05) is 13.2 Å². The molecule has 112 valence electrons. The van der Waals surface area contributed by atoms with Gasteiger partial charge in [-0.25, -0.2) is 0 Å². The minimum absolute atomic E-state index is 0.738. The van der Waals surface area contributed by atoms with Crippen molar-refractivity contribution in [1.82, 2.24) is 10.3 Å². The van der Waals surface area contributed by atoms with Gasteiger partial charge < -0.3 is 10.1 Å². The van der Waals surface area contributed by atoms with Crippen molar-refractivity contribution in [2.24, 2.45) is 0 Å². The van der Waals surface area contributed by atoms with Gasteiger partial charge in [-0.05, 0) is 37.1 Å². The Balaban J connectivity index is 2.19. The van der Waals surface area contributed by atoms with Crippen molar-refractivity contribution < 1.29 is 4.74 Å². The number of nitrogens with zero attached hydrogens (tertiary/aromatic N) is 1. The smallest absolute Gasteiger partial charge is 0.127 e. The van der Waals surface area contributed by atoms with Crippen molar-refractivity contribution in [1.29, 1.82) is 0 Å². The number of aromatic nitrogens is 1. The van der Waals surface area contributed by atoms with Crippen molar-refractivity contribution in [3.8, 4) is 16.9 Å². The summed E-state index contributed by atoms with van der Waals surface area (Å²) in [4.78, 5) is 4.37. The number of benzene rings is 1. The Hall–Kier alpha value is -1.87. The molecule has 0 radical (unpaired) electrons. The zero-order valence-corrected chi connectivity index (χ0v) is 12.9. The Bertz CT molecular complexity index is 554. The molecule has 0 fully saturated rings. The second kappa shape index (κ2) is 8.42. The van der Waals surface area contributed by atoms with Crippen LogP contribution >= 0.6 is 0 Å². The largest absolute Gasteiger partial charge is 0.493 e. The highest BCUT2D eigenvalue weighted by molar-refractivity contribution is 5.70. The standard InChI is InChI=1S/C18H24N2O/c1-3-9-19-12-15-11-16(14-20-13-15)17-7-5-6-8-18(17)21-10-4-2/h5-8,11,13-14,19H,3-4,9-10,12H2,1-2H3. The van der Waals surface area contributed by atoms with Crippen LogP contribution in [0.15, 0.2) is 42.7 Å². The molecular formula is C18H24N2O. The molecule has 1 aromatic heterocycles. The SMILES string of the molecule is CCCNCc1cncc(-c2ccccc2OCCC)c1. The van der Waals surface area contributed by atoms with Gasteiger partial charge in [-0.2, -0.15) is 0 Å². The van der Waals surface area contributed by atoms with Gasteiger partial charge in [0.05, 0.1) is 6.61 Å². The van der Waals surface area contributed by atoms with Gasteiger partial charge in [-0.15, -0.1) is 0 Å². The topological polar surface area (TPSA) is 34.2 Å². The summed E-state index contributed by atoms with van der Waals surface area (Å²) in [5.74, 6) is 0.930. The van der Waals surface area contributed by atoms with Crippen molar-refractivity contribution >= 4 is 0 Å². The molecule has 0 saturated carbocycles. The Morgan fingerprint density at radius 3 is 2.76 bits per heavy atom. The Morgan fingerprint density at radius 2 is 1.95 bits per heavy atom. The summed E-state index contributed by atoms with van der Waals surface area (Å²) in [6, 6.07) is 10.3. The molecule has 0 aliphatic heterocycles. The molecule has 0 aliphatic carbocycles. The van der Waals surface area contributed by atoms with Gasteiger partial charge in [0.2, 0.25) is 0 Å². The number of hydrogen-bond donors (Lipinski definition) is 1. The molecule has 1 aromatic carbocycles. The summed E-state index contributed by atoms with van der Waals surface area (Å²) in [5.41, 5.74) is 3.42. The highest BCUT2D eigenvalue weighted by atomic mass is 16.5. The maximum atomic E-state index is 5.84. The number of hydrogen-bond acceptors (Lipinski definition) is 3. The van der Waals surface area contributed by atoms with Crippen molar-refractivity contribution in [2.45, 2.75) is 33.2 Å². The average molecular weight is 284 g/mol. The third-order valence-corrected chi connectivity index (χ3v) is 3.21. The fraction of sp³-hybridized carbons (Fsp3) is 0.389. The van der Waals surface area contributed by atoms with Gasteiger partial charge in [0.15, 0.2) is 0 Å². The number of pyridine rings is 1. The van der Waals surface area contributed by atoms with Crippen LogP contribution in [0.5, 0.6) is 5.75 Å². The first-order valence-corrected chi connectivity index (χ1v) is 7.72. The lowest BCUT2D eigenvalue weighted by molar-refractivity contribution is 0.318. The quantitative estimate of drug-likeness (QED) is 0.743. The lowest BCUT2D eigenvalue weighted by Crippen LogP contribution is -2.13.